The molecule has 1 saturated heterocycles. The smallest absolute Gasteiger partial charge is 0.298 e. The number of amides is 3. The lowest BCUT2D eigenvalue weighted by Gasteiger charge is -2.43. The van der Waals surface area contributed by atoms with Crippen LogP contribution >= 0.6 is 0 Å². The minimum Gasteiger partial charge on any atom is -0.343 e. The third kappa shape index (κ3) is 4.05. The molecule has 8 nitrogen and oxygen atoms in total. The first-order valence-electron chi connectivity index (χ1n) is 10.9. The van der Waals surface area contributed by atoms with E-state index in [4.69, 9.17) is 5.26 Å². The van der Waals surface area contributed by atoms with Crippen molar-refractivity contribution in [3.05, 3.63) is 59.8 Å². The molecule has 176 valence electrons. The standard InChI is InChI=1S/C25H19F2N5O3/c26-25(27)13-32(21(25)11-28)23(34)12-30-24(35)17-7-8-29-20-5-2-15(10-18(17)20)14-1-4-19-16(9-14)3-6-22(33)31-19/h1-2,4-5,7-10,21H,3,6,12-13H2,(H,30,35)(H,31,33)/t21-/m1/s1. The molecule has 2 aromatic carbocycles. The minimum absolute atomic E-state index is 0.0119. The molecule has 35 heavy (non-hydrogen) atoms. The van der Waals surface area contributed by atoms with Crippen molar-refractivity contribution >= 4 is 34.3 Å². The fourth-order valence-electron chi connectivity index (χ4n) is 4.36. The van der Waals surface area contributed by atoms with Gasteiger partial charge in [0.05, 0.1) is 30.2 Å². The Labute approximate surface area is 198 Å². The molecule has 1 aromatic heterocycles. The van der Waals surface area contributed by atoms with E-state index in [1.54, 1.807) is 6.07 Å². The van der Waals surface area contributed by atoms with Crippen LogP contribution < -0.4 is 10.6 Å². The summed E-state index contributed by atoms with van der Waals surface area (Å²) in [6, 6.07) is 12.3. The largest absolute Gasteiger partial charge is 0.343 e. The van der Waals surface area contributed by atoms with Crippen LogP contribution in [0.5, 0.6) is 0 Å². The summed E-state index contributed by atoms with van der Waals surface area (Å²) in [5.41, 5.74) is 4.42. The number of nitrogens with one attached hydrogen (secondary N) is 2. The summed E-state index contributed by atoms with van der Waals surface area (Å²) in [5.74, 6) is -4.57. The average molecular weight is 475 g/mol. The van der Waals surface area contributed by atoms with Gasteiger partial charge in [0, 0.05) is 23.7 Å². The van der Waals surface area contributed by atoms with Gasteiger partial charge < -0.3 is 15.5 Å². The van der Waals surface area contributed by atoms with E-state index >= 15 is 0 Å². The summed E-state index contributed by atoms with van der Waals surface area (Å²) >= 11 is 0. The van der Waals surface area contributed by atoms with Crippen LogP contribution in [0.15, 0.2) is 48.7 Å². The van der Waals surface area contributed by atoms with Crippen LogP contribution in [0.2, 0.25) is 0 Å². The van der Waals surface area contributed by atoms with E-state index in [-0.39, 0.29) is 11.5 Å². The molecule has 5 rings (SSSR count). The van der Waals surface area contributed by atoms with Crippen LogP contribution in [0, 0.1) is 11.3 Å². The molecule has 10 heteroatoms. The van der Waals surface area contributed by atoms with Gasteiger partial charge in [-0.2, -0.15) is 5.26 Å². The molecule has 3 amide bonds. The van der Waals surface area contributed by atoms with E-state index in [1.165, 1.54) is 18.3 Å². The minimum atomic E-state index is -3.24. The molecule has 0 aliphatic carbocycles. The van der Waals surface area contributed by atoms with Gasteiger partial charge in [-0.1, -0.05) is 12.1 Å². The van der Waals surface area contributed by atoms with Crippen molar-refractivity contribution < 1.29 is 23.2 Å². The highest BCUT2D eigenvalue weighted by molar-refractivity contribution is 6.07. The summed E-state index contributed by atoms with van der Waals surface area (Å²) in [6.07, 6.45) is 2.54. The highest BCUT2D eigenvalue weighted by atomic mass is 19.3. The molecule has 0 radical (unpaired) electrons. The lowest BCUT2D eigenvalue weighted by atomic mass is 9.95. The number of nitrogens with zero attached hydrogens (tertiary/aromatic N) is 3. The van der Waals surface area contributed by atoms with Gasteiger partial charge >= 0.3 is 0 Å². The number of aryl methyl sites for hydroxylation is 1. The maximum absolute atomic E-state index is 13.4. The van der Waals surface area contributed by atoms with E-state index in [1.807, 2.05) is 30.3 Å². The predicted octanol–water partition coefficient (Wildman–Crippen LogP) is 2.89. The number of aromatic nitrogens is 1. The molecule has 3 heterocycles. The Morgan fingerprint density at radius 1 is 1.17 bits per heavy atom. The highest BCUT2D eigenvalue weighted by Crippen LogP contribution is 2.34. The zero-order valence-electron chi connectivity index (χ0n) is 18.3. The first kappa shape index (κ1) is 22.4. The number of anilines is 1. The number of likely N-dealkylation sites (tertiary alicyclic amines) is 1. The Hall–Kier alpha value is -4.39. The molecule has 0 unspecified atom stereocenters. The maximum atomic E-state index is 13.4. The van der Waals surface area contributed by atoms with Gasteiger partial charge in [-0.05, 0) is 53.4 Å². The molecule has 2 aliphatic rings. The Morgan fingerprint density at radius 2 is 1.94 bits per heavy atom. The Morgan fingerprint density at radius 3 is 2.71 bits per heavy atom. The zero-order valence-corrected chi connectivity index (χ0v) is 18.3. The summed E-state index contributed by atoms with van der Waals surface area (Å²) in [5, 5.41) is 14.8. The van der Waals surface area contributed by atoms with Crippen LogP contribution in [0.3, 0.4) is 0 Å². The van der Waals surface area contributed by atoms with Crippen LogP contribution in [0.4, 0.5) is 14.5 Å². The first-order valence-corrected chi connectivity index (χ1v) is 10.9. The van der Waals surface area contributed by atoms with Crippen molar-refractivity contribution in [3.63, 3.8) is 0 Å². The van der Waals surface area contributed by atoms with Gasteiger partial charge in [0.1, 0.15) is 0 Å². The SMILES string of the molecule is N#C[C@H]1N(C(=O)CNC(=O)c2ccnc3ccc(-c4ccc5c(c4)CCC(=O)N5)cc23)CC1(F)F. The number of hydrogen-bond donors (Lipinski definition) is 2. The normalized spacial score (nSPS) is 18.1. The third-order valence-corrected chi connectivity index (χ3v) is 6.26. The molecule has 1 atom stereocenters. The van der Waals surface area contributed by atoms with E-state index in [0.717, 1.165) is 27.3 Å². The van der Waals surface area contributed by atoms with Gasteiger partial charge in [0.2, 0.25) is 11.8 Å². The van der Waals surface area contributed by atoms with Crippen LogP contribution in [-0.4, -0.2) is 52.7 Å². The van der Waals surface area contributed by atoms with Crippen molar-refractivity contribution in [1.29, 1.82) is 5.26 Å². The second-order valence-corrected chi connectivity index (χ2v) is 8.51. The number of benzene rings is 2. The van der Waals surface area contributed by atoms with E-state index in [0.29, 0.717) is 23.7 Å². The van der Waals surface area contributed by atoms with Crippen molar-refractivity contribution in [2.45, 2.75) is 24.8 Å². The molecule has 2 N–H and O–H groups in total. The Kier molecular flexibility index (Phi) is 5.40. The number of carbonyl (C=O) groups excluding carboxylic acids is 3. The van der Waals surface area contributed by atoms with Crippen molar-refractivity contribution in [3.8, 4) is 17.2 Å². The number of hydrogen-bond acceptors (Lipinski definition) is 5. The van der Waals surface area contributed by atoms with E-state index in [9.17, 15) is 23.2 Å². The fraction of sp³-hybridized carbons (Fsp3) is 0.240. The van der Waals surface area contributed by atoms with Gasteiger partial charge in [0.25, 0.3) is 11.8 Å². The van der Waals surface area contributed by atoms with Gasteiger partial charge in [-0.25, -0.2) is 8.78 Å². The quantitative estimate of drug-likeness (QED) is 0.602. The molecular weight excluding hydrogens is 456 g/mol. The fourth-order valence-corrected chi connectivity index (χ4v) is 4.36. The number of nitriles is 1. The van der Waals surface area contributed by atoms with Crippen LogP contribution in [-0.2, 0) is 16.0 Å². The summed E-state index contributed by atoms with van der Waals surface area (Å²) in [4.78, 5) is 41.8. The van der Waals surface area contributed by atoms with E-state index < -0.39 is 36.9 Å². The second kappa shape index (κ2) is 8.43. The number of alkyl halides is 2. The first-order chi connectivity index (χ1) is 16.8. The summed E-state index contributed by atoms with van der Waals surface area (Å²) < 4.78 is 26.8. The monoisotopic (exact) mass is 475 g/mol. The van der Waals surface area contributed by atoms with E-state index in [2.05, 4.69) is 15.6 Å². The van der Waals surface area contributed by atoms with Crippen LogP contribution in [0.25, 0.3) is 22.0 Å². The summed E-state index contributed by atoms with van der Waals surface area (Å²) in [7, 11) is 0. The molecule has 0 spiro atoms. The number of pyridine rings is 1. The molecule has 0 saturated carbocycles. The topological polar surface area (TPSA) is 115 Å². The Bertz CT molecular complexity index is 1430. The molecular formula is C25H19F2N5O3. The Balaban J connectivity index is 1.37. The van der Waals surface area contributed by atoms with Crippen molar-refractivity contribution in [2.75, 3.05) is 18.4 Å². The highest BCUT2D eigenvalue weighted by Gasteiger charge is 2.57. The summed E-state index contributed by atoms with van der Waals surface area (Å²) in [6.45, 7) is -1.35. The number of rotatable bonds is 4. The van der Waals surface area contributed by atoms with Crippen molar-refractivity contribution in [2.24, 2.45) is 0 Å². The lowest BCUT2D eigenvalue weighted by molar-refractivity contribution is -0.180. The number of halogens is 2. The number of fused-ring (bicyclic) bond motifs is 2. The van der Waals surface area contributed by atoms with Gasteiger partial charge in [0.15, 0.2) is 6.04 Å². The number of carbonyl (C=O) groups is 3. The van der Waals surface area contributed by atoms with Crippen LogP contribution in [0.1, 0.15) is 22.3 Å². The average Bonchev–Trinajstić information content (AvgIpc) is 2.85. The van der Waals surface area contributed by atoms with Crippen molar-refractivity contribution in [1.82, 2.24) is 15.2 Å². The predicted molar refractivity (Wildman–Crippen MR) is 123 cm³/mol. The molecule has 3 aromatic rings. The van der Waals surface area contributed by atoms with Gasteiger partial charge in [-0.3, -0.25) is 19.4 Å². The maximum Gasteiger partial charge on any atom is 0.298 e. The molecule has 2 aliphatic heterocycles. The lowest BCUT2D eigenvalue weighted by Crippen LogP contribution is -2.67. The molecule has 0 bridgehead atoms. The van der Waals surface area contributed by atoms with Gasteiger partial charge in [-0.15, -0.1) is 0 Å². The zero-order chi connectivity index (χ0) is 24.7. The second-order valence-electron chi connectivity index (χ2n) is 8.51. The molecule has 1 fully saturated rings. The third-order valence-electron chi connectivity index (χ3n) is 6.26.